The number of aromatic nitrogens is 2. The number of nitrogens with zero attached hydrogens (tertiary/aromatic N) is 5. The van der Waals surface area contributed by atoms with Gasteiger partial charge >= 0.3 is 0 Å². The van der Waals surface area contributed by atoms with Crippen LogP contribution in [0.15, 0.2) is 24.5 Å². The zero-order valence-electron chi connectivity index (χ0n) is 18.5. The molecule has 1 aromatic heterocycles. The Morgan fingerprint density at radius 2 is 2.03 bits per heavy atom. The number of methoxy groups -OCH3 is 1. The van der Waals surface area contributed by atoms with Gasteiger partial charge in [0.15, 0.2) is 5.82 Å². The summed E-state index contributed by atoms with van der Waals surface area (Å²) in [7, 11) is 3.07. The number of amides is 1. The van der Waals surface area contributed by atoms with E-state index in [0.29, 0.717) is 37.9 Å². The van der Waals surface area contributed by atoms with Gasteiger partial charge in [-0.05, 0) is 43.0 Å². The lowest BCUT2D eigenvalue weighted by Crippen LogP contribution is -2.43. The second kappa shape index (κ2) is 10.4. The Kier molecular flexibility index (Phi) is 7.57. The summed E-state index contributed by atoms with van der Waals surface area (Å²) in [5, 5.41) is 9.18. The van der Waals surface area contributed by atoms with Gasteiger partial charge in [-0.2, -0.15) is 14.6 Å². The van der Waals surface area contributed by atoms with Crippen molar-refractivity contribution in [3.8, 4) is 11.9 Å². The van der Waals surface area contributed by atoms with Crippen molar-refractivity contribution in [3.63, 3.8) is 0 Å². The summed E-state index contributed by atoms with van der Waals surface area (Å²) in [4.78, 5) is 24.5. The third-order valence-electron chi connectivity index (χ3n) is 5.89. The number of piperidine rings is 1. The first-order chi connectivity index (χ1) is 15.4. The molecule has 0 aliphatic carbocycles. The lowest BCUT2D eigenvalue weighted by molar-refractivity contribution is -0.137. The van der Waals surface area contributed by atoms with E-state index in [4.69, 9.17) is 4.74 Å². The number of anilines is 1. The second-order valence-electron chi connectivity index (χ2n) is 7.92. The van der Waals surface area contributed by atoms with Crippen LogP contribution in [0.4, 0.5) is 14.6 Å². The van der Waals surface area contributed by atoms with E-state index in [1.807, 2.05) is 13.0 Å². The van der Waals surface area contributed by atoms with Gasteiger partial charge in [-0.15, -0.1) is 0 Å². The van der Waals surface area contributed by atoms with Crippen LogP contribution < -0.4 is 9.64 Å². The quantitative estimate of drug-likeness (QED) is 0.647. The predicted molar refractivity (Wildman–Crippen MR) is 115 cm³/mol. The van der Waals surface area contributed by atoms with Crippen LogP contribution in [0.1, 0.15) is 49.8 Å². The number of hydrogen-bond acceptors (Lipinski definition) is 6. The first-order valence-corrected chi connectivity index (χ1v) is 10.7. The van der Waals surface area contributed by atoms with Gasteiger partial charge in [0.05, 0.1) is 24.8 Å². The van der Waals surface area contributed by atoms with Crippen LogP contribution in [-0.2, 0) is 4.79 Å². The molecule has 1 fully saturated rings. The minimum atomic E-state index is -0.612. The Labute approximate surface area is 186 Å². The third kappa shape index (κ3) is 4.96. The first-order valence-electron chi connectivity index (χ1n) is 10.7. The van der Waals surface area contributed by atoms with Crippen molar-refractivity contribution in [2.45, 2.75) is 38.6 Å². The largest absolute Gasteiger partial charge is 0.479 e. The molecule has 0 spiro atoms. The maximum absolute atomic E-state index is 14.5. The zero-order chi connectivity index (χ0) is 23.3. The molecule has 2 heterocycles. The number of carbonyl (C=O) groups excluding carboxylic acids is 1. The summed E-state index contributed by atoms with van der Waals surface area (Å²) in [6.07, 6.45) is 3.79. The van der Waals surface area contributed by atoms with Crippen molar-refractivity contribution in [2.24, 2.45) is 5.92 Å². The van der Waals surface area contributed by atoms with Crippen molar-refractivity contribution >= 4 is 11.7 Å². The Morgan fingerprint density at radius 3 is 2.66 bits per heavy atom. The van der Waals surface area contributed by atoms with Crippen molar-refractivity contribution in [1.29, 1.82) is 5.26 Å². The second-order valence-corrected chi connectivity index (χ2v) is 7.92. The van der Waals surface area contributed by atoms with E-state index in [1.54, 1.807) is 22.9 Å². The molecule has 0 N–H and O–H groups in total. The minimum Gasteiger partial charge on any atom is -0.479 e. The zero-order valence-corrected chi connectivity index (χ0v) is 18.5. The van der Waals surface area contributed by atoms with Crippen LogP contribution in [0.5, 0.6) is 5.88 Å². The maximum Gasteiger partial charge on any atom is 0.255 e. The van der Waals surface area contributed by atoms with Gasteiger partial charge in [-0.25, -0.2) is 9.37 Å². The molecule has 1 saturated heterocycles. The molecule has 1 aliphatic heterocycles. The molecule has 0 saturated carbocycles. The molecule has 0 radical (unpaired) electrons. The van der Waals surface area contributed by atoms with Gasteiger partial charge in [0.25, 0.3) is 5.88 Å². The highest BCUT2D eigenvalue weighted by Gasteiger charge is 2.32. The number of nitriles is 1. The van der Waals surface area contributed by atoms with E-state index < -0.39 is 11.6 Å². The van der Waals surface area contributed by atoms with Crippen LogP contribution >= 0.6 is 0 Å². The van der Waals surface area contributed by atoms with Crippen molar-refractivity contribution in [1.82, 2.24) is 14.9 Å². The normalized spacial score (nSPS) is 15.2. The highest BCUT2D eigenvalue weighted by atomic mass is 19.1. The number of hydrogen-bond donors (Lipinski definition) is 0. The monoisotopic (exact) mass is 443 g/mol. The first kappa shape index (κ1) is 23.4. The van der Waals surface area contributed by atoms with E-state index >= 15 is 0 Å². The molecular weight excluding hydrogens is 416 g/mol. The van der Waals surface area contributed by atoms with Gasteiger partial charge < -0.3 is 14.5 Å². The van der Waals surface area contributed by atoms with Gasteiger partial charge in [0.1, 0.15) is 12.1 Å². The van der Waals surface area contributed by atoms with Crippen LogP contribution in [0.3, 0.4) is 0 Å². The SMILES string of the molecule is CCCC(c1cc(F)cc(C#N)c1)N(C)C(=O)C1CCN(c2ncnc(OC)c2F)CC1. The van der Waals surface area contributed by atoms with Crippen LogP contribution in [0.2, 0.25) is 0 Å². The van der Waals surface area contributed by atoms with E-state index in [-0.39, 0.29) is 35.1 Å². The molecule has 3 rings (SSSR count). The van der Waals surface area contributed by atoms with Crippen LogP contribution in [0.25, 0.3) is 0 Å². The Balaban J connectivity index is 1.72. The summed E-state index contributed by atoms with van der Waals surface area (Å²) in [5.41, 5.74) is 0.851. The predicted octanol–water partition coefficient (Wildman–Crippen LogP) is 3.85. The number of ether oxygens (including phenoxy) is 1. The van der Waals surface area contributed by atoms with E-state index in [9.17, 15) is 18.8 Å². The standard InChI is InChI=1S/C23H27F2N5O2/c1-4-5-19(17-10-15(13-26)11-18(24)12-17)29(2)23(31)16-6-8-30(9-7-16)21-20(25)22(32-3)28-14-27-21/h10-12,14,16,19H,4-9H2,1-3H3. The van der Waals surface area contributed by atoms with Gasteiger partial charge in [0, 0.05) is 26.1 Å². The minimum absolute atomic E-state index is 0.0355. The summed E-state index contributed by atoms with van der Waals surface area (Å²) in [5.74, 6) is -1.31. The summed E-state index contributed by atoms with van der Waals surface area (Å²) in [6, 6.07) is 5.86. The van der Waals surface area contributed by atoms with Crippen LogP contribution in [-0.4, -0.2) is 48.0 Å². The average Bonchev–Trinajstić information content (AvgIpc) is 2.81. The highest BCUT2D eigenvalue weighted by molar-refractivity contribution is 5.79. The van der Waals surface area contributed by atoms with E-state index in [1.165, 1.54) is 25.6 Å². The molecule has 2 aromatic rings. The third-order valence-corrected chi connectivity index (χ3v) is 5.89. The number of rotatable bonds is 7. The summed E-state index contributed by atoms with van der Waals surface area (Å²) < 4.78 is 33.4. The molecule has 1 aliphatic rings. The number of halogens is 2. The molecular formula is C23H27F2N5O2. The molecule has 170 valence electrons. The van der Waals surface area contributed by atoms with Crippen molar-refractivity contribution in [2.75, 3.05) is 32.1 Å². The fraction of sp³-hybridized carbons (Fsp3) is 0.478. The molecule has 9 heteroatoms. The fourth-order valence-corrected chi connectivity index (χ4v) is 4.21. The average molecular weight is 443 g/mol. The lowest BCUT2D eigenvalue weighted by Gasteiger charge is -2.36. The Morgan fingerprint density at radius 1 is 1.31 bits per heavy atom. The van der Waals surface area contributed by atoms with Crippen LogP contribution in [0, 0.1) is 28.9 Å². The fourth-order valence-electron chi connectivity index (χ4n) is 4.21. The van der Waals surface area contributed by atoms with Crippen molar-refractivity contribution < 1.29 is 18.3 Å². The molecule has 0 bridgehead atoms. The van der Waals surface area contributed by atoms with Gasteiger partial charge in [-0.3, -0.25) is 4.79 Å². The lowest BCUT2D eigenvalue weighted by atomic mass is 9.92. The Hall–Kier alpha value is -3.28. The van der Waals surface area contributed by atoms with E-state index in [2.05, 4.69) is 9.97 Å². The Bertz CT molecular complexity index is 1000. The van der Waals surface area contributed by atoms with E-state index in [0.717, 1.165) is 6.42 Å². The van der Waals surface area contributed by atoms with Gasteiger partial charge in [-0.1, -0.05) is 13.3 Å². The molecule has 32 heavy (non-hydrogen) atoms. The molecule has 1 amide bonds. The molecule has 7 nitrogen and oxygen atoms in total. The number of carbonyl (C=O) groups is 1. The smallest absolute Gasteiger partial charge is 0.255 e. The number of benzene rings is 1. The summed E-state index contributed by atoms with van der Waals surface area (Å²) >= 11 is 0. The topological polar surface area (TPSA) is 82.4 Å². The van der Waals surface area contributed by atoms with Crippen molar-refractivity contribution in [3.05, 3.63) is 47.3 Å². The maximum atomic E-state index is 14.5. The molecule has 1 aromatic carbocycles. The summed E-state index contributed by atoms with van der Waals surface area (Å²) in [6.45, 7) is 2.94. The molecule has 1 unspecified atom stereocenters. The van der Waals surface area contributed by atoms with Gasteiger partial charge in [0.2, 0.25) is 11.7 Å². The highest BCUT2D eigenvalue weighted by Crippen LogP contribution is 2.31. The molecule has 1 atom stereocenters.